The van der Waals surface area contributed by atoms with Gasteiger partial charge in [0, 0.05) is 13.1 Å². The highest BCUT2D eigenvalue weighted by atomic mass is 19.4. The molecule has 1 aliphatic heterocycles. The van der Waals surface area contributed by atoms with Crippen LogP contribution in [0.15, 0.2) is 4.52 Å². The molecule has 1 aromatic heterocycles. The normalized spacial score (nSPS) is 19.8. The van der Waals surface area contributed by atoms with Crippen molar-refractivity contribution < 1.29 is 27.2 Å². The third-order valence-electron chi connectivity index (χ3n) is 3.16. The predicted octanol–water partition coefficient (Wildman–Crippen LogP) is 1.66. The van der Waals surface area contributed by atoms with Gasteiger partial charge in [0.1, 0.15) is 13.2 Å². The van der Waals surface area contributed by atoms with E-state index in [4.69, 9.17) is 4.52 Å². The number of halogens is 3. The SMILES string of the molecule is Cc1noc(C2CCCN(C(=O)COCC(F)(F)F)C2)n1. The minimum Gasteiger partial charge on any atom is -0.362 e. The molecule has 21 heavy (non-hydrogen) atoms. The van der Waals surface area contributed by atoms with Gasteiger partial charge in [-0.15, -0.1) is 0 Å². The first-order valence-electron chi connectivity index (χ1n) is 6.57. The second-order valence-corrected chi connectivity index (χ2v) is 4.97. The highest BCUT2D eigenvalue weighted by Gasteiger charge is 2.30. The number of rotatable bonds is 4. The second-order valence-electron chi connectivity index (χ2n) is 4.97. The summed E-state index contributed by atoms with van der Waals surface area (Å²) >= 11 is 0. The van der Waals surface area contributed by atoms with Crippen LogP contribution < -0.4 is 0 Å². The van der Waals surface area contributed by atoms with Gasteiger partial charge in [0.2, 0.25) is 11.8 Å². The number of carbonyl (C=O) groups excluding carboxylic acids is 1. The van der Waals surface area contributed by atoms with Crippen molar-refractivity contribution >= 4 is 5.91 Å². The zero-order valence-corrected chi connectivity index (χ0v) is 11.5. The van der Waals surface area contributed by atoms with E-state index in [9.17, 15) is 18.0 Å². The number of aromatic nitrogens is 2. The molecule has 0 bridgehead atoms. The Labute approximate surface area is 119 Å². The molecule has 1 unspecified atom stereocenters. The molecule has 1 fully saturated rings. The van der Waals surface area contributed by atoms with Crippen LogP contribution in [0.5, 0.6) is 0 Å². The van der Waals surface area contributed by atoms with Gasteiger partial charge >= 0.3 is 6.18 Å². The maximum Gasteiger partial charge on any atom is 0.411 e. The first-order valence-corrected chi connectivity index (χ1v) is 6.57. The molecule has 2 heterocycles. The molecule has 0 saturated carbocycles. The van der Waals surface area contributed by atoms with Gasteiger partial charge in [0.05, 0.1) is 5.92 Å². The summed E-state index contributed by atoms with van der Waals surface area (Å²) in [6.07, 6.45) is -2.89. The van der Waals surface area contributed by atoms with Crippen molar-refractivity contribution in [1.82, 2.24) is 15.0 Å². The van der Waals surface area contributed by atoms with E-state index in [1.165, 1.54) is 4.90 Å². The smallest absolute Gasteiger partial charge is 0.362 e. The molecule has 1 atom stereocenters. The maximum absolute atomic E-state index is 12.0. The van der Waals surface area contributed by atoms with Crippen LogP contribution in [-0.4, -0.2) is 53.4 Å². The van der Waals surface area contributed by atoms with E-state index in [1.807, 2.05) is 0 Å². The monoisotopic (exact) mass is 307 g/mol. The van der Waals surface area contributed by atoms with Crippen molar-refractivity contribution in [1.29, 1.82) is 0 Å². The van der Waals surface area contributed by atoms with Gasteiger partial charge in [-0.2, -0.15) is 18.2 Å². The van der Waals surface area contributed by atoms with Gasteiger partial charge in [-0.3, -0.25) is 4.79 Å². The van der Waals surface area contributed by atoms with Gasteiger partial charge < -0.3 is 14.2 Å². The van der Waals surface area contributed by atoms with E-state index in [1.54, 1.807) is 6.92 Å². The van der Waals surface area contributed by atoms with Crippen LogP contribution in [-0.2, 0) is 9.53 Å². The molecule has 118 valence electrons. The maximum atomic E-state index is 12.0. The van der Waals surface area contributed by atoms with Crippen LogP contribution in [0.4, 0.5) is 13.2 Å². The summed E-state index contributed by atoms with van der Waals surface area (Å²) in [5.41, 5.74) is 0. The molecule has 2 rings (SSSR count). The third kappa shape index (κ3) is 4.69. The Hall–Kier alpha value is -1.64. The van der Waals surface area contributed by atoms with E-state index in [0.29, 0.717) is 24.8 Å². The fourth-order valence-electron chi connectivity index (χ4n) is 2.23. The van der Waals surface area contributed by atoms with Crippen LogP contribution in [0, 0.1) is 6.92 Å². The molecule has 9 heteroatoms. The molecular formula is C12H16F3N3O3. The van der Waals surface area contributed by atoms with Crippen molar-refractivity contribution in [2.24, 2.45) is 0 Å². The van der Waals surface area contributed by atoms with Crippen LogP contribution in [0.1, 0.15) is 30.5 Å². The number of hydrogen-bond acceptors (Lipinski definition) is 5. The zero-order chi connectivity index (χ0) is 15.5. The molecule has 0 radical (unpaired) electrons. The molecule has 1 aliphatic rings. The Kier molecular flexibility index (Phi) is 4.81. The van der Waals surface area contributed by atoms with Crippen molar-refractivity contribution in [3.05, 3.63) is 11.7 Å². The number of nitrogens with zero attached hydrogens (tertiary/aromatic N) is 3. The van der Waals surface area contributed by atoms with E-state index < -0.39 is 25.3 Å². The lowest BCUT2D eigenvalue weighted by atomic mass is 9.98. The second kappa shape index (κ2) is 6.42. The van der Waals surface area contributed by atoms with E-state index in [0.717, 1.165) is 12.8 Å². The van der Waals surface area contributed by atoms with Gasteiger partial charge in [0.25, 0.3) is 0 Å². The summed E-state index contributed by atoms with van der Waals surface area (Å²) in [4.78, 5) is 17.4. The number of alkyl halides is 3. The number of carbonyl (C=O) groups is 1. The summed E-state index contributed by atoms with van der Waals surface area (Å²) in [6.45, 7) is 0.561. The predicted molar refractivity (Wildman–Crippen MR) is 64.5 cm³/mol. The third-order valence-corrected chi connectivity index (χ3v) is 3.16. The summed E-state index contributed by atoms with van der Waals surface area (Å²) in [5.74, 6) is 0.440. The van der Waals surface area contributed by atoms with Gasteiger partial charge in [-0.25, -0.2) is 0 Å². The van der Waals surface area contributed by atoms with Gasteiger partial charge in [-0.05, 0) is 19.8 Å². The highest BCUT2D eigenvalue weighted by molar-refractivity contribution is 5.77. The summed E-state index contributed by atoms with van der Waals surface area (Å²) in [6, 6.07) is 0. The zero-order valence-electron chi connectivity index (χ0n) is 11.5. The summed E-state index contributed by atoms with van der Waals surface area (Å²) in [5, 5.41) is 3.70. The number of likely N-dealkylation sites (tertiary alicyclic amines) is 1. The minimum atomic E-state index is -4.42. The lowest BCUT2D eigenvalue weighted by Crippen LogP contribution is -2.41. The average molecular weight is 307 g/mol. The largest absolute Gasteiger partial charge is 0.411 e. The highest BCUT2D eigenvalue weighted by Crippen LogP contribution is 2.25. The lowest BCUT2D eigenvalue weighted by Gasteiger charge is -2.31. The summed E-state index contributed by atoms with van der Waals surface area (Å²) < 4.78 is 45.3. The molecule has 0 aliphatic carbocycles. The topological polar surface area (TPSA) is 68.5 Å². The lowest BCUT2D eigenvalue weighted by molar-refractivity contribution is -0.178. The Balaban J connectivity index is 1.84. The molecule has 0 aromatic carbocycles. The van der Waals surface area contributed by atoms with Gasteiger partial charge in [0.15, 0.2) is 5.82 Å². The molecule has 0 spiro atoms. The fourth-order valence-corrected chi connectivity index (χ4v) is 2.23. The molecule has 1 amide bonds. The first-order chi connectivity index (χ1) is 9.85. The average Bonchev–Trinajstić information content (AvgIpc) is 2.84. The van der Waals surface area contributed by atoms with Crippen LogP contribution in [0.25, 0.3) is 0 Å². The molecule has 6 nitrogen and oxygen atoms in total. The number of piperidine rings is 1. The molecule has 1 saturated heterocycles. The number of hydrogen-bond donors (Lipinski definition) is 0. The van der Waals surface area contributed by atoms with Gasteiger partial charge in [-0.1, -0.05) is 5.16 Å². The quantitative estimate of drug-likeness (QED) is 0.846. The Morgan fingerprint density at radius 1 is 1.52 bits per heavy atom. The van der Waals surface area contributed by atoms with E-state index in [-0.39, 0.29) is 5.92 Å². The van der Waals surface area contributed by atoms with Crippen LogP contribution in [0.3, 0.4) is 0 Å². The molecular weight excluding hydrogens is 291 g/mol. The van der Waals surface area contributed by atoms with E-state index in [2.05, 4.69) is 14.9 Å². The molecule has 1 aromatic rings. The number of amides is 1. The standard InChI is InChI=1S/C12H16F3N3O3/c1-8-16-11(21-17-8)9-3-2-4-18(5-9)10(19)6-20-7-12(13,14)15/h9H,2-7H2,1H3. The fraction of sp³-hybridized carbons (Fsp3) is 0.750. The van der Waals surface area contributed by atoms with Crippen LogP contribution >= 0.6 is 0 Å². The van der Waals surface area contributed by atoms with Crippen molar-refractivity contribution in [2.75, 3.05) is 26.3 Å². The minimum absolute atomic E-state index is 0.0773. The Morgan fingerprint density at radius 3 is 2.90 bits per heavy atom. The Morgan fingerprint density at radius 2 is 2.29 bits per heavy atom. The van der Waals surface area contributed by atoms with Crippen LogP contribution in [0.2, 0.25) is 0 Å². The van der Waals surface area contributed by atoms with Crippen molar-refractivity contribution in [3.63, 3.8) is 0 Å². The van der Waals surface area contributed by atoms with Crippen molar-refractivity contribution in [3.8, 4) is 0 Å². The number of ether oxygens (including phenoxy) is 1. The molecule has 0 N–H and O–H groups in total. The number of aryl methyl sites for hydroxylation is 1. The van der Waals surface area contributed by atoms with E-state index >= 15 is 0 Å². The summed E-state index contributed by atoms with van der Waals surface area (Å²) in [7, 11) is 0. The Bertz CT molecular complexity index is 490. The van der Waals surface area contributed by atoms with Crippen molar-refractivity contribution in [2.45, 2.75) is 31.9 Å². The first kappa shape index (κ1) is 15.7.